The topological polar surface area (TPSA) is 41.5 Å². The van der Waals surface area contributed by atoms with E-state index in [1.165, 1.54) is 25.7 Å². The molecule has 78 valence electrons. The minimum absolute atomic E-state index is 0.292. The van der Waals surface area contributed by atoms with Crippen LogP contribution < -0.4 is 5.32 Å². The van der Waals surface area contributed by atoms with Crippen molar-refractivity contribution in [2.75, 3.05) is 20.3 Å². The number of methoxy groups -OCH3 is 1. The molecular weight excluding hydrogens is 166 g/mol. The summed E-state index contributed by atoms with van der Waals surface area (Å²) in [6.45, 7) is 1.24. The molecule has 0 aromatic carbocycles. The predicted molar refractivity (Wildman–Crippen MR) is 52.8 cm³/mol. The molecule has 0 unspecified atom stereocenters. The molecule has 0 aromatic heterocycles. The van der Waals surface area contributed by atoms with Gasteiger partial charge in [-0.15, -0.1) is 0 Å². The number of hydrogen-bond acceptors (Lipinski definition) is 3. The Bertz CT molecular complexity index is 119. The van der Waals surface area contributed by atoms with Gasteiger partial charge in [-0.05, 0) is 38.6 Å². The Kier molecular flexibility index (Phi) is 5.35. The van der Waals surface area contributed by atoms with Gasteiger partial charge in [-0.3, -0.25) is 0 Å². The fraction of sp³-hybridized carbons (Fsp3) is 1.00. The highest BCUT2D eigenvalue weighted by atomic mass is 16.5. The van der Waals surface area contributed by atoms with Crippen LogP contribution in [0.4, 0.5) is 0 Å². The van der Waals surface area contributed by atoms with Crippen molar-refractivity contribution < 1.29 is 9.84 Å². The summed E-state index contributed by atoms with van der Waals surface area (Å²) < 4.78 is 5.30. The first-order valence-corrected chi connectivity index (χ1v) is 5.24. The molecule has 0 saturated heterocycles. The van der Waals surface area contributed by atoms with E-state index in [9.17, 15) is 0 Å². The van der Waals surface area contributed by atoms with Crippen LogP contribution in [0.2, 0.25) is 0 Å². The average molecular weight is 187 g/mol. The zero-order valence-corrected chi connectivity index (χ0v) is 8.46. The van der Waals surface area contributed by atoms with Crippen LogP contribution in [-0.4, -0.2) is 37.5 Å². The molecule has 0 atom stereocenters. The van der Waals surface area contributed by atoms with Gasteiger partial charge in [-0.25, -0.2) is 0 Å². The molecule has 0 spiro atoms. The quantitative estimate of drug-likeness (QED) is 0.629. The summed E-state index contributed by atoms with van der Waals surface area (Å²) in [7, 11) is 1.80. The van der Waals surface area contributed by atoms with E-state index in [2.05, 4.69) is 5.32 Å². The molecule has 3 heteroatoms. The van der Waals surface area contributed by atoms with Gasteiger partial charge in [0.1, 0.15) is 0 Å². The maximum absolute atomic E-state index is 8.62. The Morgan fingerprint density at radius 2 is 2.00 bits per heavy atom. The van der Waals surface area contributed by atoms with E-state index in [-0.39, 0.29) is 0 Å². The van der Waals surface area contributed by atoms with E-state index in [1.54, 1.807) is 7.11 Å². The van der Waals surface area contributed by atoms with E-state index in [0.717, 1.165) is 13.0 Å². The summed E-state index contributed by atoms with van der Waals surface area (Å²) in [4.78, 5) is 0. The molecule has 0 amide bonds. The normalized spacial score (nSPS) is 29.1. The first-order valence-electron chi connectivity index (χ1n) is 5.24. The van der Waals surface area contributed by atoms with Crippen molar-refractivity contribution in [3.05, 3.63) is 0 Å². The zero-order valence-electron chi connectivity index (χ0n) is 8.46. The second-order valence-corrected chi connectivity index (χ2v) is 3.74. The molecule has 0 bridgehead atoms. The summed E-state index contributed by atoms with van der Waals surface area (Å²) in [6.07, 6.45) is 6.12. The van der Waals surface area contributed by atoms with Gasteiger partial charge in [0, 0.05) is 19.8 Å². The van der Waals surface area contributed by atoms with E-state index < -0.39 is 0 Å². The molecule has 1 aliphatic rings. The molecule has 3 nitrogen and oxygen atoms in total. The van der Waals surface area contributed by atoms with Gasteiger partial charge in [0.05, 0.1) is 6.10 Å². The van der Waals surface area contributed by atoms with Gasteiger partial charge < -0.3 is 15.2 Å². The van der Waals surface area contributed by atoms with E-state index in [4.69, 9.17) is 9.84 Å². The van der Waals surface area contributed by atoms with Crippen molar-refractivity contribution in [2.45, 2.75) is 44.2 Å². The number of aliphatic hydroxyl groups is 1. The number of rotatable bonds is 5. The van der Waals surface area contributed by atoms with Crippen molar-refractivity contribution in [2.24, 2.45) is 0 Å². The fourth-order valence-electron chi connectivity index (χ4n) is 1.89. The molecule has 1 rings (SSSR count). The molecule has 0 heterocycles. The van der Waals surface area contributed by atoms with Gasteiger partial charge >= 0.3 is 0 Å². The highest BCUT2D eigenvalue weighted by Gasteiger charge is 2.19. The third kappa shape index (κ3) is 4.07. The van der Waals surface area contributed by atoms with Crippen LogP contribution in [0, 0.1) is 0 Å². The van der Waals surface area contributed by atoms with Crippen LogP contribution in [0.25, 0.3) is 0 Å². The molecule has 0 aromatic rings. The lowest BCUT2D eigenvalue weighted by Gasteiger charge is -2.28. The Morgan fingerprint density at radius 1 is 1.31 bits per heavy atom. The molecule has 13 heavy (non-hydrogen) atoms. The van der Waals surface area contributed by atoms with Gasteiger partial charge in [-0.1, -0.05) is 0 Å². The number of ether oxygens (including phenoxy) is 1. The zero-order chi connectivity index (χ0) is 9.52. The summed E-state index contributed by atoms with van der Waals surface area (Å²) >= 11 is 0. The lowest BCUT2D eigenvalue weighted by molar-refractivity contribution is 0.0624. The summed E-state index contributed by atoms with van der Waals surface area (Å²) in [5, 5.41) is 12.1. The molecule has 1 saturated carbocycles. The predicted octanol–water partition coefficient (Wildman–Crippen LogP) is 0.916. The minimum atomic E-state index is 0.292. The largest absolute Gasteiger partial charge is 0.396 e. The Morgan fingerprint density at radius 3 is 2.54 bits per heavy atom. The lowest BCUT2D eigenvalue weighted by atomic mass is 9.93. The Balaban J connectivity index is 2.03. The first kappa shape index (κ1) is 11.0. The maximum atomic E-state index is 8.62. The highest BCUT2D eigenvalue weighted by molar-refractivity contribution is 4.77. The molecule has 0 aliphatic heterocycles. The SMILES string of the molecule is COC1CCC(NCCCO)CC1. The third-order valence-corrected chi connectivity index (χ3v) is 2.78. The van der Waals surface area contributed by atoms with Gasteiger partial charge in [0.15, 0.2) is 0 Å². The van der Waals surface area contributed by atoms with Crippen LogP contribution in [0.1, 0.15) is 32.1 Å². The third-order valence-electron chi connectivity index (χ3n) is 2.78. The summed E-state index contributed by atoms with van der Waals surface area (Å²) in [5.41, 5.74) is 0. The monoisotopic (exact) mass is 187 g/mol. The first-order chi connectivity index (χ1) is 6.36. The van der Waals surface area contributed by atoms with Crippen LogP contribution >= 0.6 is 0 Å². The van der Waals surface area contributed by atoms with Crippen molar-refractivity contribution in [1.29, 1.82) is 0 Å². The fourth-order valence-corrected chi connectivity index (χ4v) is 1.89. The standard InChI is InChI=1S/C10H21NO2/c1-13-10-5-3-9(4-6-10)11-7-2-8-12/h9-12H,2-8H2,1H3. The van der Waals surface area contributed by atoms with E-state index in [1.807, 2.05) is 0 Å². The van der Waals surface area contributed by atoms with Crippen LogP contribution in [0.3, 0.4) is 0 Å². The second-order valence-electron chi connectivity index (χ2n) is 3.74. The highest BCUT2D eigenvalue weighted by Crippen LogP contribution is 2.20. The van der Waals surface area contributed by atoms with E-state index in [0.29, 0.717) is 18.8 Å². The number of aliphatic hydroxyl groups excluding tert-OH is 1. The minimum Gasteiger partial charge on any atom is -0.396 e. The molecule has 0 radical (unpaired) electrons. The van der Waals surface area contributed by atoms with Gasteiger partial charge in [0.25, 0.3) is 0 Å². The Labute approximate surface area is 80.5 Å². The van der Waals surface area contributed by atoms with Crippen LogP contribution in [0.5, 0.6) is 0 Å². The van der Waals surface area contributed by atoms with Crippen LogP contribution in [-0.2, 0) is 4.74 Å². The van der Waals surface area contributed by atoms with Crippen molar-refractivity contribution in [3.8, 4) is 0 Å². The number of hydrogen-bond donors (Lipinski definition) is 2. The average Bonchev–Trinajstić information content (AvgIpc) is 2.19. The molecule has 2 N–H and O–H groups in total. The number of nitrogens with one attached hydrogen (secondary N) is 1. The maximum Gasteiger partial charge on any atom is 0.0572 e. The lowest BCUT2D eigenvalue weighted by Crippen LogP contribution is -2.35. The summed E-state index contributed by atoms with van der Waals surface area (Å²) in [5.74, 6) is 0. The Hall–Kier alpha value is -0.120. The molecule has 1 aliphatic carbocycles. The molecular formula is C10H21NO2. The van der Waals surface area contributed by atoms with Gasteiger partial charge in [-0.2, -0.15) is 0 Å². The summed E-state index contributed by atoms with van der Waals surface area (Å²) in [6, 6.07) is 0.651. The smallest absolute Gasteiger partial charge is 0.0572 e. The van der Waals surface area contributed by atoms with Gasteiger partial charge in [0.2, 0.25) is 0 Å². The van der Waals surface area contributed by atoms with Crippen molar-refractivity contribution in [1.82, 2.24) is 5.32 Å². The second kappa shape index (κ2) is 6.35. The molecule has 1 fully saturated rings. The van der Waals surface area contributed by atoms with E-state index >= 15 is 0 Å². The van der Waals surface area contributed by atoms with Crippen LogP contribution in [0.15, 0.2) is 0 Å². The van der Waals surface area contributed by atoms with Crippen molar-refractivity contribution >= 4 is 0 Å². The van der Waals surface area contributed by atoms with Crippen molar-refractivity contribution in [3.63, 3.8) is 0 Å².